The molecule has 1 heterocycles. The highest BCUT2D eigenvalue weighted by molar-refractivity contribution is 6.29. The molecule has 3 aromatic rings. The summed E-state index contributed by atoms with van der Waals surface area (Å²) in [6, 6.07) is 16.6. The molecule has 0 fully saturated rings. The molecule has 0 spiro atoms. The molecular weight excluding hydrogens is 258 g/mol. The Balaban J connectivity index is 2.20. The summed E-state index contributed by atoms with van der Waals surface area (Å²) in [5, 5.41) is 6.19. The standard InChI is InChI=1S/C16H14ClNO/c1-18-15(14-9-10-19-16(14)17)13-8-4-6-11-5-2-3-7-12(11)13/h2-10,15,18H,1H3. The summed E-state index contributed by atoms with van der Waals surface area (Å²) in [5.41, 5.74) is 2.16. The zero-order chi connectivity index (χ0) is 13.2. The molecule has 0 aliphatic rings. The number of fused-ring (bicyclic) bond motifs is 1. The molecule has 1 aromatic heterocycles. The van der Waals surface area contributed by atoms with Gasteiger partial charge in [0, 0.05) is 5.56 Å². The van der Waals surface area contributed by atoms with Gasteiger partial charge in [0.1, 0.15) is 0 Å². The normalized spacial score (nSPS) is 12.7. The molecule has 2 aromatic carbocycles. The molecule has 1 unspecified atom stereocenters. The third-order valence-corrected chi connectivity index (χ3v) is 3.69. The molecule has 3 heteroatoms. The van der Waals surface area contributed by atoms with Crippen LogP contribution in [0.5, 0.6) is 0 Å². The smallest absolute Gasteiger partial charge is 0.198 e. The lowest BCUT2D eigenvalue weighted by atomic mass is 9.95. The third kappa shape index (κ3) is 2.14. The van der Waals surface area contributed by atoms with Crippen LogP contribution in [0.15, 0.2) is 59.2 Å². The molecule has 3 rings (SSSR count). The van der Waals surface area contributed by atoms with Gasteiger partial charge in [-0.25, -0.2) is 0 Å². The molecule has 0 bridgehead atoms. The van der Waals surface area contributed by atoms with E-state index in [0.717, 1.165) is 5.56 Å². The molecule has 0 saturated carbocycles. The summed E-state index contributed by atoms with van der Waals surface area (Å²) < 4.78 is 5.21. The fourth-order valence-electron chi connectivity index (χ4n) is 2.49. The Hall–Kier alpha value is -1.77. The Kier molecular flexibility index (Phi) is 3.28. The van der Waals surface area contributed by atoms with Gasteiger partial charge in [-0.3, -0.25) is 0 Å². The second-order valence-electron chi connectivity index (χ2n) is 4.44. The van der Waals surface area contributed by atoms with Crippen molar-refractivity contribution in [3.05, 3.63) is 71.1 Å². The lowest BCUT2D eigenvalue weighted by Crippen LogP contribution is -2.17. The highest BCUT2D eigenvalue weighted by Crippen LogP contribution is 2.32. The van der Waals surface area contributed by atoms with Gasteiger partial charge >= 0.3 is 0 Å². The van der Waals surface area contributed by atoms with E-state index in [0.29, 0.717) is 5.22 Å². The highest BCUT2D eigenvalue weighted by Gasteiger charge is 2.19. The quantitative estimate of drug-likeness (QED) is 0.764. The second-order valence-corrected chi connectivity index (χ2v) is 4.78. The van der Waals surface area contributed by atoms with E-state index in [4.69, 9.17) is 16.0 Å². The third-order valence-electron chi connectivity index (χ3n) is 3.38. The number of halogens is 1. The molecule has 96 valence electrons. The molecule has 1 atom stereocenters. The fourth-order valence-corrected chi connectivity index (χ4v) is 2.71. The van der Waals surface area contributed by atoms with Gasteiger partial charge in [0.25, 0.3) is 0 Å². The van der Waals surface area contributed by atoms with Crippen LogP contribution < -0.4 is 5.32 Å². The number of benzene rings is 2. The molecule has 0 aliphatic heterocycles. The molecule has 0 saturated heterocycles. The zero-order valence-corrected chi connectivity index (χ0v) is 11.3. The van der Waals surface area contributed by atoms with Gasteiger partial charge in [-0.05, 0) is 41.1 Å². The maximum absolute atomic E-state index is 6.11. The van der Waals surface area contributed by atoms with Crippen LogP contribution in [-0.4, -0.2) is 7.05 Å². The lowest BCUT2D eigenvalue weighted by Gasteiger charge is -2.17. The van der Waals surface area contributed by atoms with Gasteiger partial charge in [-0.2, -0.15) is 0 Å². The maximum Gasteiger partial charge on any atom is 0.198 e. The zero-order valence-electron chi connectivity index (χ0n) is 10.6. The summed E-state index contributed by atoms with van der Waals surface area (Å²) in [4.78, 5) is 0. The summed E-state index contributed by atoms with van der Waals surface area (Å²) in [6.07, 6.45) is 1.62. The number of rotatable bonds is 3. The first-order chi connectivity index (χ1) is 9.31. The number of furan rings is 1. The van der Waals surface area contributed by atoms with Crippen molar-refractivity contribution < 1.29 is 4.42 Å². The van der Waals surface area contributed by atoms with E-state index in [1.54, 1.807) is 6.26 Å². The molecule has 0 radical (unpaired) electrons. The minimum Gasteiger partial charge on any atom is -0.453 e. The first kappa shape index (κ1) is 12.3. The Morgan fingerprint density at radius 2 is 1.79 bits per heavy atom. The van der Waals surface area contributed by atoms with E-state index in [1.165, 1.54) is 16.3 Å². The van der Waals surface area contributed by atoms with E-state index < -0.39 is 0 Å². The predicted octanol–water partition coefficient (Wildman–Crippen LogP) is 4.40. The van der Waals surface area contributed by atoms with Crippen molar-refractivity contribution in [1.29, 1.82) is 0 Å². The van der Waals surface area contributed by atoms with Crippen LogP contribution in [0.25, 0.3) is 10.8 Å². The van der Waals surface area contributed by atoms with Crippen LogP contribution in [0.2, 0.25) is 5.22 Å². The first-order valence-electron chi connectivity index (χ1n) is 6.19. The molecule has 1 N–H and O–H groups in total. The second kappa shape index (κ2) is 5.08. The monoisotopic (exact) mass is 271 g/mol. The van der Waals surface area contributed by atoms with Gasteiger partial charge in [0.2, 0.25) is 0 Å². The highest BCUT2D eigenvalue weighted by atomic mass is 35.5. The Labute approximate surface area is 117 Å². The van der Waals surface area contributed by atoms with Gasteiger partial charge in [0.15, 0.2) is 5.22 Å². The van der Waals surface area contributed by atoms with Crippen LogP contribution >= 0.6 is 11.6 Å². The summed E-state index contributed by atoms with van der Waals surface area (Å²) >= 11 is 6.11. The summed E-state index contributed by atoms with van der Waals surface area (Å²) in [6.45, 7) is 0. The summed E-state index contributed by atoms with van der Waals surface area (Å²) in [5.74, 6) is 0. The van der Waals surface area contributed by atoms with E-state index >= 15 is 0 Å². The Bertz CT molecular complexity index is 699. The van der Waals surface area contributed by atoms with Crippen molar-refractivity contribution in [2.45, 2.75) is 6.04 Å². The number of nitrogens with one attached hydrogen (secondary N) is 1. The fraction of sp³-hybridized carbons (Fsp3) is 0.125. The van der Waals surface area contributed by atoms with Gasteiger partial charge in [-0.1, -0.05) is 42.5 Å². The SMILES string of the molecule is CNC(c1ccoc1Cl)c1cccc2ccccc12. The van der Waals surface area contributed by atoms with Crippen molar-refractivity contribution in [2.75, 3.05) is 7.05 Å². The van der Waals surface area contributed by atoms with Crippen molar-refractivity contribution in [2.24, 2.45) is 0 Å². The molecule has 0 amide bonds. The molecular formula is C16H14ClNO. The number of hydrogen-bond donors (Lipinski definition) is 1. The average Bonchev–Trinajstić information content (AvgIpc) is 2.86. The topological polar surface area (TPSA) is 25.2 Å². The van der Waals surface area contributed by atoms with Crippen molar-refractivity contribution in [3.63, 3.8) is 0 Å². The van der Waals surface area contributed by atoms with Crippen molar-refractivity contribution >= 4 is 22.4 Å². The summed E-state index contributed by atoms with van der Waals surface area (Å²) in [7, 11) is 1.93. The van der Waals surface area contributed by atoms with E-state index in [1.807, 2.05) is 19.2 Å². The lowest BCUT2D eigenvalue weighted by molar-refractivity contribution is 0.560. The Morgan fingerprint density at radius 3 is 2.53 bits per heavy atom. The molecule has 19 heavy (non-hydrogen) atoms. The largest absolute Gasteiger partial charge is 0.453 e. The molecule has 0 aliphatic carbocycles. The van der Waals surface area contributed by atoms with Crippen molar-refractivity contribution in [3.8, 4) is 0 Å². The van der Waals surface area contributed by atoms with Gasteiger partial charge in [0.05, 0.1) is 12.3 Å². The van der Waals surface area contributed by atoms with Crippen molar-refractivity contribution in [1.82, 2.24) is 5.32 Å². The predicted molar refractivity (Wildman–Crippen MR) is 78.6 cm³/mol. The minimum absolute atomic E-state index is 0.0253. The Morgan fingerprint density at radius 1 is 1.00 bits per heavy atom. The van der Waals surface area contributed by atoms with Gasteiger partial charge < -0.3 is 9.73 Å². The van der Waals surface area contributed by atoms with Crippen LogP contribution in [-0.2, 0) is 0 Å². The van der Waals surface area contributed by atoms with Crippen LogP contribution in [0.1, 0.15) is 17.2 Å². The molecule has 2 nitrogen and oxygen atoms in total. The van der Waals surface area contributed by atoms with Crippen LogP contribution in [0.4, 0.5) is 0 Å². The van der Waals surface area contributed by atoms with Crippen LogP contribution in [0.3, 0.4) is 0 Å². The van der Waals surface area contributed by atoms with Gasteiger partial charge in [-0.15, -0.1) is 0 Å². The minimum atomic E-state index is 0.0253. The average molecular weight is 272 g/mol. The first-order valence-corrected chi connectivity index (χ1v) is 6.57. The van der Waals surface area contributed by atoms with E-state index in [-0.39, 0.29) is 6.04 Å². The maximum atomic E-state index is 6.11. The number of hydrogen-bond acceptors (Lipinski definition) is 2. The van der Waals surface area contributed by atoms with E-state index in [9.17, 15) is 0 Å². The van der Waals surface area contributed by atoms with E-state index in [2.05, 4.69) is 41.7 Å². The van der Waals surface area contributed by atoms with Crippen LogP contribution in [0, 0.1) is 0 Å².